The van der Waals surface area contributed by atoms with Crippen molar-refractivity contribution in [1.82, 2.24) is 0 Å². The second-order valence-electron chi connectivity index (χ2n) is 5.90. The fourth-order valence-corrected chi connectivity index (χ4v) is 3.89. The molecule has 0 atom stereocenters. The van der Waals surface area contributed by atoms with Crippen molar-refractivity contribution in [2.75, 3.05) is 17.2 Å². The van der Waals surface area contributed by atoms with Gasteiger partial charge in [-0.15, -0.1) is 11.3 Å². The third-order valence-corrected chi connectivity index (χ3v) is 5.21. The van der Waals surface area contributed by atoms with Crippen molar-refractivity contribution in [3.63, 3.8) is 0 Å². The number of hydrogen-bond donors (Lipinski definition) is 3. The highest BCUT2D eigenvalue weighted by Crippen LogP contribution is 2.36. The van der Waals surface area contributed by atoms with Gasteiger partial charge < -0.3 is 20.5 Å². The maximum Gasteiger partial charge on any atom is 0.341 e. The molecule has 0 amide bonds. The fourth-order valence-electron chi connectivity index (χ4n) is 2.55. The largest absolute Gasteiger partial charge is 0.478 e. The molecule has 2 aromatic carbocycles. The van der Waals surface area contributed by atoms with Gasteiger partial charge in [0, 0.05) is 10.6 Å². The van der Waals surface area contributed by atoms with Crippen LogP contribution in [-0.2, 0) is 4.74 Å². The molecule has 0 aliphatic rings. The Balaban J connectivity index is 1.80. The number of ether oxygens (including phenoxy) is 1. The SMILES string of the molecule is CCOC(=O)c1cc(-c2ccccc2)sc1NC(=S)Nc1ccc(C(=O)O)cc1. The summed E-state index contributed by atoms with van der Waals surface area (Å²) in [6, 6.07) is 17.7. The highest BCUT2D eigenvalue weighted by molar-refractivity contribution is 7.80. The van der Waals surface area contributed by atoms with Crippen molar-refractivity contribution in [3.8, 4) is 10.4 Å². The van der Waals surface area contributed by atoms with Crippen LogP contribution in [0.4, 0.5) is 10.7 Å². The summed E-state index contributed by atoms with van der Waals surface area (Å²) < 4.78 is 5.16. The number of rotatable bonds is 6. The maximum absolute atomic E-state index is 12.4. The number of thiophene rings is 1. The van der Waals surface area contributed by atoms with E-state index in [1.807, 2.05) is 30.3 Å². The molecule has 0 aliphatic carbocycles. The molecular weight excluding hydrogens is 408 g/mol. The fraction of sp³-hybridized carbons (Fsp3) is 0.0952. The zero-order valence-electron chi connectivity index (χ0n) is 15.5. The van der Waals surface area contributed by atoms with Crippen LogP contribution in [-0.4, -0.2) is 28.8 Å². The minimum atomic E-state index is -0.997. The molecule has 0 aliphatic heterocycles. The van der Waals surface area contributed by atoms with Gasteiger partial charge in [-0.1, -0.05) is 30.3 Å². The van der Waals surface area contributed by atoms with E-state index in [1.165, 1.54) is 23.5 Å². The minimum absolute atomic E-state index is 0.185. The number of carbonyl (C=O) groups is 2. The molecule has 6 nitrogen and oxygen atoms in total. The number of aromatic carboxylic acids is 1. The number of nitrogens with one attached hydrogen (secondary N) is 2. The smallest absolute Gasteiger partial charge is 0.341 e. The maximum atomic E-state index is 12.4. The normalized spacial score (nSPS) is 10.2. The van der Waals surface area contributed by atoms with Gasteiger partial charge in [0.25, 0.3) is 0 Å². The molecule has 0 unspecified atom stereocenters. The van der Waals surface area contributed by atoms with Crippen molar-refractivity contribution in [3.05, 3.63) is 71.8 Å². The lowest BCUT2D eigenvalue weighted by atomic mass is 10.1. The van der Waals surface area contributed by atoms with Gasteiger partial charge in [0.05, 0.1) is 17.7 Å². The van der Waals surface area contributed by atoms with Gasteiger partial charge in [0.2, 0.25) is 0 Å². The molecule has 0 fully saturated rings. The average Bonchev–Trinajstić information content (AvgIpc) is 3.13. The Bertz CT molecular complexity index is 1030. The van der Waals surface area contributed by atoms with Crippen molar-refractivity contribution < 1.29 is 19.4 Å². The van der Waals surface area contributed by atoms with Gasteiger partial charge in [0.1, 0.15) is 5.00 Å². The molecule has 3 rings (SSSR count). The number of benzene rings is 2. The van der Waals surface area contributed by atoms with Crippen LogP contribution < -0.4 is 10.6 Å². The second-order valence-corrected chi connectivity index (χ2v) is 7.36. The van der Waals surface area contributed by atoms with E-state index in [2.05, 4.69) is 10.6 Å². The molecule has 8 heteroatoms. The zero-order chi connectivity index (χ0) is 20.8. The molecule has 29 heavy (non-hydrogen) atoms. The summed E-state index contributed by atoms with van der Waals surface area (Å²) >= 11 is 6.75. The molecule has 1 aromatic heterocycles. The summed E-state index contributed by atoms with van der Waals surface area (Å²) in [4.78, 5) is 24.2. The lowest BCUT2D eigenvalue weighted by molar-refractivity contribution is 0.0527. The zero-order valence-corrected chi connectivity index (χ0v) is 17.1. The molecule has 1 heterocycles. The second kappa shape index (κ2) is 9.31. The summed E-state index contributed by atoms with van der Waals surface area (Å²) in [7, 11) is 0. The Hall–Kier alpha value is -3.23. The molecule has 3 aromatic rings. The van der Waals surface area contributed by atoms with Crippen molar-refractivity contribution in [2.24, 2.45) is 0 Å². The Morgan fingerprint density at radius 1 is 1.07 bits per heavy atom. The number of thiocarbonyl (C=S) groups is 1. The molecule has 0 saturated heterocycles. The third-order valence-electron chi connectivity index (χ3n) is 3.90. The average molecular weight is 427 g/mol. The van der Waals surface area contributed by atoms with Crippen molar-refractivity contribution in [2.45, 2.75) is 6.92 Å². The molecule has 3 N–H and O–H groups in total. The van der Waals surface area contributed by atoms with E-state index in [0.717, 1.165) is 10.4 Å². The van der Waals surface area contributed by atoms with Crippen LogP contribution in [0.15, 0.2) is 60.7 Å². The summed E-state index contributed by atoms with van der Waals surface area (Å²) in [5.74, 6) is -1.43. The van der Waals surface area contributed by atoms with Gasteiger partial charge >= 0.3 is 11.9 Å². The Kier molecular flexibility index (Phi) is 6.58. The molecule has 0 spiro atoms. The van der Waals surface area contributed by atoms with Crippen LogP contribution in [0.2, 0.25) is 0 Å². The predicted octanol–water partition coefficient (Wildman–Crippen LogP) is 5.10. The highest BCUT2D eigenvalue weighted by atomic mass is 32.1. The monoisotopic (exact) mass is 426 g/mol. The van der Waals surface area contributed by atoms with E-state index in [-0.39, 0.29) is 17.3 Å². The van der Waals surface area contributed by atoms with Crippen molar-refractivity contribution in [1.29, 1.82) is 0 Å². The van der Waals surface area contributed by atoms with Crippen LogP contribution in [0, 0.1) is 0 Å². The van der Waals surface area contributed by atoms with Crippen molar-refractivity contribution >= 4 is 51.3 Å². The summed E-state index contributed by atoms with van der Waals surface area (Å²) in [5.41, 5.74) is 2.20. The number of anilines is 2. The van der Waals surface area contributed by atoms with E-state index >= 15 is 0 Å². The number of esters is 1. The Labute approximate surface area is 177 Å². The number of hydrogen-bond acceptors (Lipinski definition) is 5. The van der Waals surface area contributed by atoms with E-state index in [1.54, 1.807) is 25.1 Å². The van der Waals surface area contributed by atoms with Crippen LogP contribution in [0.5, 0.6) is 0 Å². The van der Waals surface area contributed by atoms with Gasteiger partial charge in [-0.25, -0.2) is 9.59 Å². The summed E-state index contributed by atoms with van der Waals surface area (Å²) in [5, 5.41) is 15.9. The van der Waals surface area contributed by atoms with E-state index in [9.17, 15) is 9.59 Å². The van der Waals surface area contributed by atoms with Gasteiger partial charge in [0.15, 0.2) is 5.11 Å². The Morgan fingerprint density at radius 2 is 1.76 bits per heavy atom. The predicted molar refractivity (Wildman–Crippen MR) is 119 cm³/mol. The first-order valence-corrected chi connectivity index (χ1v) is 9.98. The third kappa shape index (κ3) is 5.18. The molecule has 0 radical (unpaired) electrons. The molecular formula is C21H18N2O4S2. The van der Waals surface area contributed by atoms with Gasteiger partial charge in [-0.3, -0.25) is 0 Å². The standard InChI is InChI=1S/C21H18N2O4S2/c1-2-27-20(26)16-12-17(13-6-4-3-5-7-13)29-18(16)23-21(28)22-15-10-8-14(9-11-15)19(24)25/h3-12H,2H2,1H3,(H,24,25)(H2,22,23,28). The molecule has 148 valence electrons. The van der Waals surface area contributed by atoms with Gasteiger partial charge in [-0.2, -0.15) is 0 Å². The molecule has 0 bridgehead atoms. The lowest BCUT2D eigenvalue weighted by Gasteiger charge is -2.11. The topological polar surface area (TPSA) is 87.7 Å². The molecule has 0 saturated carbocycles. The van der Waals surface area contributed by atoms with Crippen LogP contribution in [0.3, 0.4) is 0 Å². The van der Waals surface area contributed by atoms with E-state index in [4.69, 9.17) is 22.1 Å². The first kappa shape index (κ1) is 20.5. The number of carboxylic acid groups (broad SMARTS) is 1. The van der Waals surface area contributed by atoms with E-state index in [0.29, 0.717) is 16.3 Å². The van der Waals surface area contributed by atoms with Crippen LogP contribution in [0.25, 0.3) is 10.4 Å². The first-order chi connectivity index (χ1) is 14.0. The summed E-state index contributed by atoms with van der Waals surface area (Å²) in [6.45, 7) is 2.02. The Morgan fingerprint density at radius 3 is 2.38 bits per heavy atom. The van der Waals surface area contributed by atoms with Crippen LogP contribution >= 0.6 is 23.6 Å². The summed E-state index contributed by atoms with van der Waals surface area (Å²) in [6.07, 6.45) is 0. The first-order valence-electron chi connectivity index (χ1n) is 8.75. The number of carboxylic acids is 1. The minimum Gasteiger partial charge on any atom is -0.478 e. The van der Waals surface area contributed by atoms with E-state index < -0.39 is 11.9 Å². The van der Waals surface area contributed by atoms with Gasteiger partial charge in [-0.05, 0) is 55.0 Å². The lowest BCUT2D eigenvalue weighted by Crippen LogP contribution is -2.20. The van der Waals surface area contributed by atoms with Crippen LogP contribution in [0.1, 0.15) is 27.6 Å². The quantitative estimate of drug-likeness (QED) is 0.373. The number of carbonyl (C=O) groups excluding carboxylic acids is 1. The highest BCUT2D eigenvalue weighted by Gasteiger charge is 2.19.